The van der Waals surface area contributed by atoms with Crippen LogP contribution in [0.5, 0.6) is 11.5 Å². The second kappa shape index (κ2) is 6.07. The van der Waals surface area contributed by atoms with E-state index >= 15 is 0 Å². The van der Waals surface area contributed by atoms with Crippen LogP contribution in [0.15, 0.2) is 12.3 Å². The molecular weight excluding hydrogens is 240 g/mol. The average Bonchev–Trinajstić information content (AvgIpc) is 2.35. The van der Waals surface area contributed by atoms with E-state index in [4.69, 9.17) is 21.1 Å². The lowest BCUT2D eigenvalue weighted by molar-refractivity contribution is 0.344. The van der Waals surface area contributed by atoms with Gasteiger partial charge in [0, 0.05) is 30.2 Å². The van der Waals surface area contributed by atoms with Gasteiger partial charge in [-0.2, -0.15) is 0 Å². The molecule has 17 heavy (non-hydrogen) atoms. The summed E-state index contributed by atoms with van der Waals surface area (Å²) in [6, 6.07) is 1.77. The van der Waals surface area contributed by atoms with Crippen LogP contribution in [0.2, 0.25) is 0 Å². The topological polar surface area (TPSA) is 43.4 Å². The fourth-order valence-electron chi connectivity index (χ4n) is 1.35. The van der Waals surface area contributed by atoms with Crippen LogP contribution in [0.3, 0.4) is 0 Å². The van der Waals surface area contributed by atoms with E-state index in [9.17, 15) is 0 Å². The van der Waals surface area contributed by atoms with Crippen LogP contribution >= 0.6 is 11.6 Å². The summed E-state index contributed by atoms with van der Waals surface area (Å²) in [5, 5.41) is 3.32. The van der Waals surface area contributed by atoms with Gasteiger partial charge in [0.1, 0.15) is 0 Å². The summed E-state index contributed by atoms with van der Waals surface area (Å²) in [5.41, 5.74) is 0.669. The molecule has 0 amide bonds. The molecule has 0 spiro atoms. The van der Waals surface area contributed by atoms with Crippen LogP contribution in [0.1, 0.15) is 19.5 Å². The summed E-state index contributed by atoms with van der Waals surface area (Å²) in [4.78, 5) is 4.28. The van der Waals surface area contributed by atoms with Gasteiger partial charge in [-0.25, -0.2) is 0 Å². The molecule has 0 aliphatic heterocycles. The Hall–Kier alpha value is -1.00. The number of pyridine rings is 1. The third kappa shape index (κ3) is 3.75. The maximum absolute atomic E-state index is 5.85. The molecule has 5 heteroatoms. The highest BCUT2D eigenvalue weighted by Crippen LogP contribution is 2.29. The van der Waals surface area contributed by atoms with Crippen molar-refractivity contribution in [3.05, 3.63) is 18.0 Å². The van der Waals surface area contributed by atoms with Gasteiger partial charge in [-0.15, -0.1) is 11.6 Å². The summed E-state index contributed by atoms with van der Waals surface area (Å²) in [6.45, 7) is 4.65. The summed E-state index contributed by atoms with van der Waals surface area (Å²) in [5.74, 6) is 1.87. The Balaban J connectivity index is 2.84. The summed E-state index contributed by atoms with van der Waals surface area (Å²) >= 11 is 5.85. The molecule has 0 saturated carbocycles. The Kier molecular flexibility index (Phi) is 5.02. The second-order valence-corrected chi connectivity index (χ2v) is 4.63. The highest BCUT2D eigenvalue weighted by Gasteiger charge is 2.17. The minimum Gasteiger partial charge on any atom is -0.493 e. The van der Waals surface area contributed by atoms with E-state index in [0.29, 0.717) is 23.9 Å². The number of nitrogens with one attached hydrogen (secondary N) is 1. The molecule has 0 saturated heterocycles. The maximum atomic E-state index is 5.85. The molecule has 96 valence electrons. The molecule has 0 aliphatic carbocycles. The molecular formula is C12H19ClN2O2. The first-order chi connectivity index (χ1) is 8.04. The van der Waals surface area contributed by atoms with E-state index in [-0.39, 0.29) is 5.54 Å². The summed E-state index contributed by atoms with van der Waals surface area (Å²) in [6.07, 6.45) is 1.70. The Labute approximate surface area is 107 Å². The average molecular weight is 259 g/mol. The van der Waals surface area contributed by atoms with Gasteiger partial charge >= 0.3 is 0 Å². The highest BCUT2D eigenvalue weighted by molar-refractivity contribution is 6.18. The first-order valence-corrected chi connectivity index (χ1v) is 5.94. The molecule has 1 aromatic heterocycles. The number of hydrogen-bond donors (Lipinski definition) is 1. The Morgan fingerprint density at radius 3 is 2.59 bits per heavy atom. The van der Waals surface area contributed by atoms with E-state index in [1.165, 1.54) is 0 Å². The number of methoxy groups -OCH3 is 2. The van der Waals surface area contributed by atoms with Crippen molar-refractivity contribution >= 4 is 11.6 Å². The quantitative estimate of drug-likeness (QED) is 0.795. The van der Waals surface area contributed by atoms with E-state index in [0.717, 1.165) is 5.69 Å². The van der Waals surface area contributed by atoms with E-state index in [2.05, 4.69) is 10.3 Å². The number of rotatable bonds is 6. The second-order valence-electron chi connectivity index (χ2n) is 4.36. The van der Waals surface area contributed by atoms with E-state index in [1.54, 1.807) is 26.5 Å². The van der Waals surface area contributed by atoms with Crippen LogP contribution in [0.4, 0.5) is 0 Å². The maximum Gasteiger partial charge on any atom is 0.183 e. The fraction of sp³-hybridized carbons (Fsp3) is 0.583. The predicted molar refractivity (Wildman–Crippen MR) is 69.0 cm³/mol. The van der Waals surface area contributed by atoms with Crippen molar-refractivity contribution in [2.24, 2.45) is 0 Å². The van der Waals surface area contributed by atoms with Gasteiger partial charge in [0.2, 0.25) is 0 Å². The minimum absolute atomic E-state index is 0.142. The van der Waals surface area contributed by atoms with Crippen molar-refractivity contribution in [2.75, 3.05) is 20.1 Å². The molecule has 0 aromatic carbocycles. The predicted octanol–water partition coefficient (Wildman–Crippen LogP) is 2.21. The smallest absolute Gasteiger partial charge is 0.183 e. The standard InChI is InChI=1S/C12H19ClN2O2/c1-12(2,8-13)15-7-9-11(17-4)10(16-3)5-6-14-9/h5-6,15H,7-8H2,1-4H3. The number of ether oxygens (including phenoxy) is 2. The first kappa shape index (κ1) is 14.1. The summed E-state index contributed by atoms with van der Waals surface area (Å²) in [7, 11) is 3.22. The van der Waals surface area contributed by atoms with Gasteiger partial charge in [0.15, 0.2) is 11.5 Å². The van der Waals surface area contributed by atoms with Crippen LogP contribution in [0.25, 0.3) is 0 Å². The summed E-state index contributed by atoms with van der Waals surface area (Å²) < 4.78 is 10.5. The van der Waals surface area contributed by atoms with E-state index in [1.807, 2.05) is 13.8 Å². The number of nitrogens with zero attached hydrogens (tertiary/aromatic N) is 1. The zero-order valence-corrected chi connectivity index (χ0v) is 11.5. The fourth-order valence-corrected chi connectivity index (χ4v) is 1.44. The molecule has 1 rings (SSSR count). The lowest BCUT2D eigenvalue weighted by Crippen LogP contribution is -2.40. The van der Waals surface area contributed by atoms with Gasteiger partial charge < -0.3 is 14.8 Å². The van der Waals surface area contributed by atoms with Gasteiger partial charge in [0.05, 0.1) is 19.9 Å². The Bertz CT molecular complexity index is 370. The molecule has 0 unspecified atom stereocenters. The van der Waals surface area contributed by atoms with E-state index < -0.39 is 0 Å². The lowest BCUT2D eigenvalue weighted by atomic mass is 10.1. The molecule has 0 fully saturated rings. The molecule has 1 N–H and O–H groups in total. The van der Waals surface area contributed by atoms with Crippen molar-refractivity contribution < 1.29 is 9.47 Å². The van der Waals surface area contributed by atoms with Crippen molar-refractivity contribution in [1.29, 1.82) is 0 Å². The van der Waals surface area contributed by atoms with Crippen LogP contribution in [0, 0.1) is 0 Å². The van der Waals surface area contributed by atoms with Crippen molar-refractivity contribution in [1.82, 2.24) is 10.3 Å². The zero-order valence-electron chi connectivity index (χ0n) is 10.7. The van der Waals surface area contributed by atoms with Gasteiger partial charge in [-0.1, -0.05) is 0 Å². The number of halogens is 1. The normalized spacial score (nSPS) is 11.4. The molecule has 0 aliphatic rings. The Morgan fingerprint density at radius 2 is 2.06 bits per heavy atom. The lowest BCUT2D eigenvalue weighted by Gasteiger charge is -2.23. The first-order valence-electron chi connectivity index (χ1n) is 5.41. The highest BCUT2D eigenvalue weighted by atomic mass is 35.5. The molecule has 1 heterocycles. The Morgan fingerprint density at radius 1 is 1.35 bits per heavy atom. The minimum atomic E-state index is -0.142. The monoisotopic (exact) mass is 258 g/mol. The zero-order chi connectivity index (χ0) is 12.9. The molecule has 4 nitrogen and oxygen atoms in total. The number of hydrogen-bond acceptors (Lipinski definition) is 4. The molecule has 0 bridgehead atoms. The largest absolute Gasteiger partial charge is 0.493 e. The third-order valence-corrected chi connectivity index (χ3v) is 3.10. The van der Waals surface area contributed by atoms with Gasteiger partial charge in [-0.3, -0.25) is 4.98 Å². The third-order valence-electron chi connectivity index (χ3n) is 2.43. The molecule has 0 atom stereocenters. The van der Waals surface area contributed by atoms with Gasteiger partial charge in [0.25, 0.3) is 0 Å². The SMILES string of the molecule is COc1ccnc(CNC(C)(C)CCl)c1OC. The molecule has 0 radical (unpaired) electrons. The molecule has 1 aromatic rings. The van der Waals surface area contributed by atoms with Crippen molar-refractivity contribution in [3.8, 4) is 11.5 Å². The van der Waals surface area contributed by atoms with Crippen molar-refractivity contribution in [3.63, 3.8) is 0 Å². The van der Waals surface area contributed by atoms with Gasteiger partial charge in [-0.05, 0) is 13.8 Å². The number of aromatic nitrogens is 1. The van der Waals surface area contributed by atoms with Crippen LogP contribution in [-0.2, 0) is 6.54 Å². The van der Waals surface area contributed by atoms with Crippen molar-refractivity contribution in [2.45, 2.75) is 25.9 Å². The van der Waals surface area contributed by atoms with Crippen LogP contribution in [-0.4, -0.2) is 30.6 Å². The van der Waals surface area contributed by atoms with Crippen LogP contribution < -0.4 is 14.8 Å². The number of alkyl halides is 1.